The quantitative estimate of drug-likeness (QED) is 0.299. The molecule has 22 heavy (non-hydrogen) atoms. The Morgan fingerprint density at radius 2 is 1.09 bits per heavy atom. The summed E-state index contributed by atoms with van der Waals surface area (Å²) in [4.78, 5) is 0. The van der Waals surface area contributed by atoms with E-state index in [1.807, 2.05) is 0 Å². The van der Waals surface area contributed by atoms with Crippen LogP contribution in [0.15, 0.2) is 0 Å². The van der Waals surface area contributed by atoms with Crippen molar-refractivity contribution in [1.82, 2.24) is 0 Å². The fourth-order valence-electron chi connectivity index (χ4n) is 4.06. The molecule has 0 aromatic carbocycles. The first-order valence-corrected chi connectivity index (χ1v) is 10.4. The predicted molar refractivity (Wildman–Crippen MR) is 102 cm³/mol. The van der Waals surface area contributed by atoms with Crippen LogP contribution in [-0.4, -0.2) is 5.54 Å². The van der Waals surface area contributed by atoms with Crippen molar-refractivity contribution in [2.75, 3.05) is 0 Å². The second kappa shape index (κ2) is 14.5. The molecule has 0 aliphatic carbocycles. The van der Waals surface area contributed by atoms with E-state index in [-0.39, 0.29) is 5.54 Å². The lowest BCUT2D eigenvalue weighted by atomic mass is 9.73. The van der Waals surface area contributed by atoms with Gasteiger partial charge in [0.05, 0.1) is 0 Å². The SMILES string of the molecule is CCCCCCCCCCC(CCC)C(N)(CCC)CCC. The number of nitrogens with two attached hydrogens (primary N) is 1. The molecule has 0 radical (unpaired) electrons. The molecule has 0 rings (SSSR count). The highest BCUT2D eigenvalue weighted by Crippen LogP contribution is 2.33. The van der Waals surface area contributed by atoms with E-state index in [4.69, 9.17) is 5.73 Å². The van der Waals surface area contributed by atoms with Crippen molar-refractivity contribution < 1.29 is 0 Å². The minimum Gasteiger partial charge on any atom is -0.325 e. The molecule has 0 aliphatic rings. The monoisotopic (exact) mass is 311 g/mol. The molecule has 0 aromatic rings. The van der Waals surface area contributed by atoms with Gasteiger partial charge in [0.2, 0.25) is 0 Å². The van der Waals surface area contributed by atoms with E-state index >= 15 is 0 Å². The smallest absolute Gasteiger partial charge is 0.0182 e. The summed E-state index contributed by atoms with van der Waals surface area (Å²) in [5, 5.41) is 0. The summed E-state index contributed by atoms with van der Waals surface area (Å²) in [5.41, 5.74) is 6.96. The first-order valence-electron chi connectivity index (χ1n) is 10.4. The number of rotatable bonds is 16. The molecule has 1 nitrogen and oxygen atoms in total. The van der Waals surface area contributed by atoms with Crippen LogP contribution in [0.5, 0.6) is 0 Å². The molecule has 134 valence electrons. The van der Waals surface area contributed by atoms with Crippen LogP contribution in [0, 0.1) is 5.92 Å². The highest BCUT2D eigenvalue weighted by Gasteiger charge is 2.31. The summed E-state index contributed by atoms with van der Waals surface area (Å²) in [6.07, 6.45) is 20.2. The van der Waals surface area contributed by atoms with Gasteiger partial charge in [0.25, 0.3) is 0 Å². The summed E-state index contributed by atoms with van der Waals surface area (Å²) in [7, 11) is 0. The Hall–Kier alpha value is -0.0400. The molecule has 0 bridgehead atoms. The maximum atomic E-state index is 6.85. The van der Waals surface area contributed by atoms with Gasteiger partial charge in [-0.15, -0.1) is 0 Å². The number of hydrogen-bond acceptors (Lipinski definition) is 1. The predicted octanol–water partition coefficient (Wildman–Crippen LogP) is 7.23. The molecular weight excluding hydrogens is 266 g/mol. The zero-order chi connectivity index (χ0) is 16.7. The van der Waals surface area contributed by atoms with Crippen LogP contribution < -0.4 is 5.73 Å². The number of hydrogen-bond donors (Lipinski definition) is 1. The molecule has 2 N–H and O–H groups in total. The van der Waals surface area contributed by atoms with Gasteiger partial charge in [-0.25, -0.2) is 0 Å². The van der Waals surface area contributed by atoms with Crippen LogP contribution in [0.25, 0.3) is 0 Å². The Morgan fingerprint density at radius 1 is 0.591 bits per heavy atom. The van der Waals surface area contributed by atoms with Gasteiger partial charge in [-0.1, -0.05) is 98.3 Å². The third-order valence-corrected chi connectivity index (χ3v) is 5.29. The third kappa shape index (κ3) is 9.87. The van der Waals surface area contributed by atoms with Crippen molar-refractivity contribution in [3.8, 4) is 0 Å². The van der Waals surface area contributed by atoms with E-state index in [2.05, 4.69) is 27.7 Å². The Balaban J connectivity index is 4.06. The molecule has 0 aliphatic heterocycles. The zero-order valence-electron chi connectivity index (χ0n) is 16.3. The second-order valence-electron chi connectivity index (χ2n) is 7.48. The average Bonchev–Trinajstić information content (AvgIpc) is 2.49. The summed E-state index contributed by atoms with van der Waals surface area (Å²) in [5.74, 6) is 0.748. The van der Waals surface area contributed by atoms with Gasteiger partial charge in [-0.3, -0.25) is 0 Å². The van der Waals surface area contributed by atoms with E-state index in [9.17, 15) is 0 Å². The van der Waals surface area contributed by atoms with Gasteiger partial charge in [0.1, 0.15) is 0 Å². The summed E-state index contributed by atoms with van der Waals surface area (Å²) in [6.45, 7) is 9.19. The van der Waals surface area contributed by atoms with E-state index in [0.29, 0.717) is 0 Å². The van der Waals surface area contributed by atoms with Gasteiger partial charge < -0.3 is 5.73 Å². The van der Waals surface area contributed by atoms with Crippen molar-refractivity contribution in [1.29, 1.82) is 0 Å². The van der Waals surface area contributed by atoms with E-state index in [1.165, 1.54) is 96.3 Å². The lowest BCUT2D eigenvalue weighted by Gasteiger charge is -2.38. The summed E-state index contributed by atoms with van der Waals surface area (Å²) >= 11 is 0. The van der Waals surface area contributed by atoms with Gasteiger partial charge in [0.15, 0.2) is 0 Å². The van der Waals surface area contributed by atoms with Gasteiger partial charge in [-0.05, 0) is 31.6 Å². The molecule has 0 aromatic heterocycles. The molecule has 1 atom stereocenters. The van der Waals surface area contributed by atoms with Crippen LogP contribution in [-0.2, 0) is 0 Å². The third-order valence-electron chi connectivity index (χ3n) is 5.29. The fraction of sp³-hybridized carbons (Fsp3) is 1.00. The highest BCUT2D eigenvalue weighted by molar-refractivity contribution is 4.90. The Kier molecular flexibility index (Phi) is 14.5. The molecular formula is C21H45N. The molecule has 0 heterocycles. The van der Waals surface area contributed by atoms with Crippen LogP contribution in [0.2, 0.25) is 0 Å². The average molecular weight is 312 g/mol. The Morgan fingerprint density at radius 3 is 1.55 bits per heavy atom. The molecule has 0 saturated carbocycles. The van der Waals surface area contributed by atoms with Crippen molar-refractivity contribution in [2.24, 2.45) is 11.7 Å². The highest BCUT2D eigenvalue weighted by atomic mass is 14.8. The fourth-order valence-corrected chi connectivity index (χ4v) is 4.06. The molecule has 0 fully saturated rings. The molecule has 0 saturated heterocycles. The topological polar surface area (TPSA) is 26.0 Å². The molecule has 1 unspecified atom stereocenters. The molecule has 1 heteroatoms. The van der Waals surface area contributed by atoms with Crippen LogP contribution in [0.4, 0.5) is 0 Å². The zero-order valence-corrected chi connectivity index (χ0v) is 16.3. The van der Waals surface area contributed by atoms with E-state index in [0.717, 1.165) is 5.92 Å². The minimum absolute atomic E-state index is 0.112. The first-order chi connectivity index (χ1) is 10.6. The largest absolute Gasteiger partial charge is 0.325 e. The normalized spacial score (nSPS) is 13.5. The van der Waals surface area contributed by atoms with Crippen LogP contribution in [0.1, 0.15) is 124 Å². The van der Waals surface area contributed by atoms with Crippen molar-refractivity contribution in [2.45, 2.75) is 130 Å². The standard InChI is InChI=1S/C21H45N/c1-5-9-10-11-12-13-14-15-17-20(16-6-2)21(22,18-7-3)19-8-4/h20H,5-19,22H2,1-4H3. The molecule has 0 spiro atoms. The summed E-state index contributed by atoms with van der Waals surface area (Å²) < 4.78 is 0. The van der Waals surface area contributed by atoms with Crippen LogP contribution in [0.3, 0.4) is 0 Å². The van der Waals surface area contributed by atoms with Crippen molar-refractivity contribution in [3.05, 3.63) is 0 Å². The van der Waals surface area contributed by atoms with E-state index < -0.39 is 0 Å². The summed E-state index contributed by atoms with van der Waals surface area (Å²) in [6, 6.07) is 0. The van der Waals surface area contributed by atoms with Crippen molar-refractivity contribution >= 4 is 0 Å². The maximum absolute atomic E-state index is 6.85. The van der Waals surface area contributed by atoms with Crippen molar-refractivity contribution in [3.63, 3.8) is 0 Å². The first kappa shape index (κ1) is 22.0. The Bertz CT molecular complexity index is 218. The van der Waals surface area contributed by atoms with E-state index in [1.54, 1.807) is 0 Å². The minimum atomic E-state index is 0.112. The molecule has 0 amide bonds. The number of unbranched alkanes of at least 4 members (excludes halogenated alkanes) is 7. The second-order valence-corrected chi connectivity index (χ2v) is 7.48. The maximum Gasteiger partial charge on any atom is 0.0182 e. The van der Waals surface area contributed by atoms with Gasteiger partial charge in [0, 0.05) is 5.54 Å². The van der Waals surface area contributed by atoms with Crippen LogP contribution >= 0.6 is 0 Å². The van der Waals surface area contributed by atoms with Gasteiger partial charge >= 0.3 is 0 Å². The lowest BCUT2D eigenvalue weighted by molar-refractivity contribution is 0.200. The lowest BCUT2D eigenvalue weighted by Crippen LogP contribution is -2.47. The van der Waals surface area contributed by atoms with Gasteiger partial charge in [-0.2, -0.15) is 0 Å². The Labute approximate surface area is 141 Å².